The fourth-order valence-corrected chi connectivity index (χ4v) is 2.19. The molecule has 21 heavy (non-hydrogen) atoms. The zero-order valence-electron chi connectivity index (χ0n) is 11.3. The monoisotopic (exact) mass is 290 g/mol. The third-order valence-electron chi connectivity index (χ3n) is 3.33. The van der Waals surface area contributed by atoms with Gasteiger partial charge in [0.25, 0.3) is 5.91 Å². The predicted molar refractivity (Wildman–Crippen MR) is 72.2 cm³/mol. The van der Waals surface area contributed by atoms with Crippen LogP contribution in [0.5, 0.6) is 0 Å². The highest BCUT2D eigenvalue weighted by molar-refractivity contribution is 5.92. The Labute approximate surface area is 120 Å². The van der Waals surface area contributed by atoms with E-state index in [0.717, 1.165) is 6.42 Å². The van der Waals surface area contributed by atoms with Gasteiger partial charge in [-0.15, -0.1) is 5.10 Å². The second kappa shape index (κ2) is 6.01. The number of nitrogens with zero attached hydrogens (tertiary/aromatic N) is 3. The Morgan fingerprint density at radius 2 is 2.33 bits per heavy atom. The second-order valence-electron chi connectivity index (χ2n) is 4.93. The standard InChI is InChI=1S/C14H15FN4O2/c15-12-4-2-1-3-10(12)7-19-8-13(17-18-19)14(20)16-11-5-6-21-9-11/h1-4,8,11H,5-7,9H2,(H,16,20). The minimum absolute atomic E-state index is 0.0224. The van der Waals surface area contributed by atoms with E-state index in [1.54, 1.807) is 18.2 Å². The van der Waals surface area contributed by atoms with Gasteiger partial charge in [0.2, 0.25) is 0 Å². The first-order valence-corrected chi connectivity index (χ1v) is 6.74. The van der Waals surface area contributed by atoms with Gasteiger partial charge in [0.15, 0.2) is 5.69 Å². The van der Waals surface area contributed by atoms with Crippen molar-refractivity contribution < 1.29 is 13.9 Å². The van der Waals surface area contributed by atoms with E-state index in [1.807, 2.05) is 0 Å². The molecule has 1 aromatic carbocycles. The number of nitrogens with one attached hydrogen (secondary N) is 1. The van der Waals surface area contributed by atoms with Crippen LogP contribution < -0.4 is 5.32 Å². The predicted octanol–water partition coefficient (Wildman–Crippen LogP) is 0.984. The molecular formula is C14H15FN4O2. The molecule has 110 valence electrons. The molecule has 1 fully saturated rings. The lowest BCUT2D eigenvalue weighted by atomic mass is 10.2. The summed E-state index contributed by atoms with van der Waals surface area (Å²) in [5.41, 5.74) is 0.719. The van der Waals surface area contributed by atoms with E-state index in [-0.39, 0.29) is 30.0 Å². The van der Waals surface area contributed by atoms with Crippen LogP contribution in [0.15, 0.2) is 30.5 Å². The van der Waals surface area contributed by atoms with Crippen LogP contribution in [0.3, 0.4) is 0 Å². The van der Waals surface area contributed by atoms with Crippen LogP contribution in [0.4, 0.5) is 4.39 Å². The van der Waals surface area contributed by atoms with Crippen molar-refractivity contribution in [2.75, 3.05) is 13.2 Å². The molecule has 1 amide bonds. The van der Waals surface area contributed by atoms with Gasteiger partial charge in [-0.3, -0.25) is 4.79 Å². The number of carbonyl (C=O) groups is 1. The summed E-state index contributed by atoms with van der Waals surface area (Å²) in [4.78, 5) is 12.0. The van der Waals surface area contributed by atoms with E-state index < -0.39 is 0 Å². The molecular weight excluding hydrogens is 275 g/mol. The van der Waals surface area contributed by atoms with Gasteiger partial charge in [0.05, 0.1) is 25.4 Å². The second-order valence-corrected chi connectivity index (χ2v) is 4.93. The summed E-state index contributed by atoms with van der Waals surface area (Å²) < 4.78 is 20.2. The van der Waals surface area contributed by atoms with E-state index in [2.05, 4.69) is 15.6 Å². The van der Waals surface area contributed by atoms with Gasteiger partial charge in [-0.05, 0) is 12.5 Å². The molecule has 0 radical (unpaired) electrons. The Hall–Kier alpha value is -2.28. The summed E-state index contributed by atoms with van der Waals surface area (Å²) in [6.45, 7) is 1.42. The highest BCUT2D eigenvalue weighted by Crippen LogP contribution is 2.09. The summed E-state index contributed by atoms with van der Waals surface area (Å²) in [5, 5.41) is 10.5. The maximum atomic E-state index is 13.6. The average Bonchev–Trinajstić information content (AvgIpc) is 3.13. The fourth-order valence-electron chi connectivity index (χ4n) is 2.19. The van der Waals surface area contributed by atoms with Crippen LogP contribution in [0, 0.1) is 5.82 Å². The lowest BCUT2D eigenvalue weighted by Gasteiger charge is -2.08. The average molecular weight is 290 g/mol. The van der Waals surface area contributed by atoms with Crippen molar-refractivity contribution in [2.24, 2.45) is 0 Å². The van der Waals surface area contributed by atoms with Crippen LogP contribution in [0.2, 0.25) is 0 Å². The number of aromatic nitrogens is 3. The van der Waals surface area contributed by atoms with Crippen molar-refractivity contribution in [1.82, 2.24) is 20.3 Å². The fraction of sp³-hybridized carbons (Fsp3) is 0.357. The van der Waals surface area contributed by atoms with E-state index in [0.29, 0.717) is 18.8 Å². The molecule has 0 spiro atoms. The highest BCUT2D eigenvalue weighted by Gasteiger charge is 2.20. The van der Waals surface area contributed by atoms with Crippen molar-refractivity contribution in [1.29, 1.82) is 0 Å². The molecule has 0 bridgehead atoms. The molecule has 2 heterocycles. The lowest BCUT2D eigenvalue weighted by Crippen LogP contribution is -2.35. The lowest BCUT2D eigenvalue weighted by molar-refractivity contribution is 0.0925. The zero-order chi connectivity index (χ0) is 14.7. The minimum atomic E-state index is -0.304. The van der Waals surface area contributed by atoms with E-state index in [9.17, 15) is 9.18 Å². The van der Waals surface area contributed by atoms with E-state index in [4.69, 9.17) is 4.74 Å². The number of amides is 1. The number of hydrogen-bond acceptors (Lipinski definition) is 4. The van der Waals surface area contributed by atoms with Crippen LogP contribution in [-0.2, 0) is 11.3 Å². The van der Waals surface area contributed by atoms with E-state index in [1.165, 1.54) is 16.9 Å². The Kier molecular flexibility index (Phi) is 3.92. The number of hydrogen-bond donors (Lipinski definition) is 1. The molecule has 3 rings (SSSR count). The third kappa shape index (κ3) is 3.25. The summed E-state index contributed by atoms with van der Waals surface area (Å²) in [6.07, 6.45) is 2.31. The Bertz CT molecular complexity index is 637. The number of rotatable bonds is 4. The Morgan fingerprint density at radius 3 is 3.10 bits per heavy atom. The number of ether oxygens (including phenoxy) is 1. The normalized spacial score (nSPS) is 17.9. The first-order chi connectivity index (χ1) is 10.2. The van der Waals surface area contributed by atoms with Crippen molar-refractivity contribution in [2.45, 2.75) is 19.0 Å². The molecule has 1 aromatic heterocycles. The SMILES string of the molecule is O=C(NC1CCOC1)c1cn(Cc2ccccc2F)nn1. The van der Waals surface area contributed by atoms with Gasteiger partial charge >= 0.3 is 0 Å². The highest BCUT2D eigenvalue weighted by atomic mass is 19.1. The smallest absolute Gasteiger partial charge is 0.273 e. The maximum Gasteiger partial charge on any atom is 0.273 e. The molecule has 2 aromatic rings. The quantitative estimate of drug-likeness (QED) is 0.911. The molecule has 1 aliphatic rings. The first kappa shape index (κ1) is 13.7. The van der Waals surface area contributed by atoms with Crippen molar-refractivity contribution in [3.8, 4) is 0 Å². The van der Waals surface area contributed by atoms with Crippen molar-refractivity contribution >= 4 is 5.91 Å². The molecule has 0 aliphatic carbocycles. The van der Waals surface area contributed by atoms with Crippen LogP contribution >= 0.6 is 0 Å². The third-order valence-corrected chi connectivity index (χ3v) is 3.33. The van der Waals surface area contributed by atoms with Crippen molar-refractivity contribution in [3.63, 3.8) is 0 Å². The summed E-state index contributed by atoms with van der Waals surface area (Å²) in [7, 11) is 0. The number of carbonyl (C=O) groups excluding carboxylic acids is 1. The topological polar surface area (TPSA) is 69.0 Å². The first-order valence-electron chi connectivity index (χ1n) is 6.74. The molecule has 0 saturated carbocycles. The Balaban J connectivity index is 1.65. The van der Waals surface area contributed by atoms with Gasteiger partial charge in [-0.1, -0.05) is 23.4 Å². The molecule has 1 atom stereocenters. The van der Waals surface area contributed by atoms with Crippen LogP contribution in [-0.4, -0.2) is 40.2 Å². The molecule has 1 unspecified atom stereocenters. The Morgan fingerprint density at radius 1 is 1.48 bits per heavy atom. The molecule has 1 saturated heterocycles. The summed E-state index contributed by atoms with van der Waals surface area (Å²) >= 11 is 0. The van der Waals surface area contributed by atoms with Gasteiger partial charge in [-0.25, -0.2) is 9.07 Å². The van der Waals surface area contributed by atoms with Crippen LogP contribution in [0.25, 0.3) is 0 Å². The van der Waals surface area contributed by atoms with Gasteiger partial charge in [0.1, 0.15) is 5.82 Å². The number of halogens is 1. The van der Waals surface area contributed by atoms with Crippen LogP contribution in [0.1, 0.15) is 22.5 Å². The molecule has 6 nitrogen and oxygen atoms in total. The zero-order valence-corrected chi connectivity index (χ0v) is 11.3. The summed E-state index contributed by atoms with van der Waals surface area (Å²) in [5.74, 6) is -0.590. The largest absolute Gasteiger partial charge is 0.379 e. The van der Waals surface area contributed by atoms with Gasteiger partial charge in [0, 0.05) is 12.2 Å². The summed E-state index contributed by atoms with van der Waals surface area (Å²) in [6, 6.07) is 6.47. The maximum absolute atomic E-state index is 13.6. The molecule has 7 heteroatoms. The van der Waals surface area contributed by atoms with Gasteiger partial charge < -0.3 is 10.1 Å². The van der Waals surface area contributed by atoms with E-state index >= 15 is 0 Å². The minimum Gasteiger partial charge on any atom is -0.379 e. The number of benzene rings is 1. The molecule has 1 N–H and O–H groups in total. The van der Waals surface area contributed by atoms with Crippen molar-refractivity contribution in [3.05, 3.63) is 47.5 Å². The molecule has 1 aliphatic heterocycles. The van der Waals surface area contributed by atoms with Gasteiger partial charge in [-0.2, -0.15) is 0 Å².